The molecular weight excluding hydrogens is 216 g/mol. The van der Waals surface area contributed by atoms with Crippen molar-refractivity contribution in [2.24, 2.45) is 0 Å². The van der Waals surface area contributed by atoms with Crippen molar-refractivity contribution in [2.75, 3.05) is 7.11 Å². The van der Waals surface area contributed by atoms with Crippen LogP contribution in [-0.2, 0) is 4.74 Å². The average Bonchev–Trinajstić information content (AvgIpc) is 2.61. The summed E-state index contributed by atoms with van der Waals surface area (Å²) in [7, 11) is 1.35. The first kappa shape index (κ1) is 11.2. The molecule has 4 nitrogen and oxygen atoms in total. The lowest BCUT2D eigenvalue weighted by Crippen LogP contribution is -2.12. The zero-order valence-electron chi connectivity index (χ0n) is 9.94. The van der Waals surface area contributed by atoms with Gasteiger partial charge in [0.1, 0.15) is 0 Å². The molecule has 0 N–H and O–H groups in total. The van der Waals surface area contributed by atoms with Gasteiger partial charge in [-0.1, -0.05) is 0 Å². The molecule has 0 aliphatic carbocycles. The Morgan fingerprint density at radius 3 is 2.71 bits per heavy atom. The molecule has 0 amide bonds. The third kappa shape index (κ3) is 1.56. The van der Waals surface area contributed by atoms with E-state index in [1.165, 1.54) is 11.7 Å². The van der Waals surface area contributed by atoms with Crippen molar-refractivity contribution in [1.82, 2.24) is 4.57 Å². The van der Waals surface area contributed by atoms with Crippen LogP contribution in [-0.4, -0.2) is 17.8 Å². The average molecular weight is 228 g/mol. The predicted octanol–water partition coefficient (Wildman–Crippen LogP) is 2.74. The van der Waals surface area contributed by atoms with Crippen LogP contribution in [0.25, 0.3) is 10.9 Å². The van der Waals surface area contributed by atoms with E-state index >= 15 is 0 Å². The number of benzene rings is 1. The van der Waals surface area contributed by atoms with Crippen molar-refractivity contribution >= 4 is 17.0 Å². The normalized spacial score (nSPS) is 10.2. The van der Waals surface area contributed by atoms with E-state index in [1.54, 1.807) is 18.2 Å². The monoisotopic (exact) mass is 228 g/mol. The summed E-state index contributed by atoms with van der Waals surface area (Å²) < 4.78 is 6.27. The van der Waals surface area contributed by atoms with Gasteiger partial charge < -0.3 is 4.74 Å². The van der Waals surface area contributed by atoms with Gasteiger partial charge in [-0.3, -0.25) is 0 Å². The fourth-order valence-corrected chi connectivity index (χ4v) is 1.97. The molecule has 1 heterocycles. The lowest BCUT2D eigenvalue weighted by Gasteiger charge is -2.04. The highest BCUT2D eigenvalue weighted by atomic mass is 16.5. The first-order valence-electron chi connectivity index (χ1n) is 5.20. The summed E-state index contributed by atoms with van der Waals surface area (Å²) in [5, 5.41) is 9.78. The summed E-state index contributed by atoms with van der Waals surface area (Å²) in [4.78, 5) is 11.7. The SMILES string of the molecule is COC(=O)n1c(C)c(C)c2cc(C#N)ccc21. The fraction of sp³-hybridized carbons (Fsp3) is 0.231. The second kappa shape index (κ2) is 3.95. The Kier molecular flexibility index (Phi) is 2.60. The molecule has 0 aliphatic heterocycles. The van der Waals surface area contributed by atoms with Crippen LogP contribution < -0.4 is 0 Å². The van der Waals surface area contributed by atoms with Gasteiger partial charge >= 0.3 is 6.09 Å². The fourth-order valence-electron chi connectivity index (χ4n) is 1.97. The predicted molar refractivity (Wildman–Crippen MR) is 63.9 cm³/mol. The van der Waals surface area contributed by atoms with Crippen LogP contribution in [0.15, 0.2) is 18.2 Å². The number of nitriles is 1. The minimum Gasteiger partial charge on any atom is -0.452 e. The minimum absolute atomic E-state index is 0.412. The first-order chi connectivity index (χ1) is 8.10. The van der Waals surface area contributed by atoms with Crippen molar-refractivity contribution in [3.63, 3.8) is 0 Å². The molecule has 86 valence electrons. The molecule has 1 aromatic carbocycles. The quantitative estimate of drug-likeness (QED) is 0.696. The van der Waals surface area contributed by atoms with Gasteiger partial charge in [-0.25, -0.2) is 9.36 Å². The zero-order valence-corrected chi connectivity index (χ0v) is 9.94. The Balaban J connectivity index is 2.83. The van der Waals surface area contributed by atoms with Gasteiger partial charge in [0.15, 0.2) is 0 Å². The van der Waals surface area contributed by atoms with Crippen LogP contribution in [0.1, 0.15) is 16.8 Å². The van der Waals surface area contributed by atoms with E-state index < -0.39 is 6.09 Å². The van der Waals surface area contributed by atoms with Gasteiger partial charge in [0, 0.05) is 11.1 Å². The van der Waals surface area contributed by atoms with Gasteiger partial charge in [-0.05, 0) is 37.6 Å². The van der Waals surface area contributed by atoms with E-state index in [0.29, 0.717) is 5.56 Å². The molecular formula is C13H12N2O2. The lowest BCUT2D eigenvalue weighted by atomic mass is 10.1. The van der Waals surface area contributed by atoms with E-state index in [4.69, 9.17) is 10.00 Å². The number of hydrogen-bond acceptors (Lipinski definition) is 3. The summed E-state index contributed by atoms with van der Waals surface area (Å²) in [6, 6.07) is 7.35. The minimum atomic E-state index is -0.412. The van der Waals surface area contributed by atoms with Crippen molar-refractivity contribution < 1.29 is 9.53 Å². The van der Waals surface area contributed by atoms with Gasteiger partial charge in [0.2, 0.25) is 0 Å². The number of methoxy groups -OCH3 is 1. The first-order valence-corrected chi connectivity index (χ1v) is 5.20. The number of aryl methyl sites for hydroxylation is 1. The van der Waals surface area contributed by atoms with Gasteiger partial charge in [-0.2, -0.15) is 5.26 Å². The smallest absolute Gasteiger partial charge is 0.418 e. The summed E-state index contributed by atoms with van der Waals surface area (Å²) >= 11 is 0. The number of fused-ring (bicyclic) bond motifs is 1. The number of carbonyl (C=O) groups is 1. The number of aromatic nitrogens is 1. The lowest BCUT2D eigenvalue weighted by molar-refractivity contribution is 0.173. The standard InChI is InChI=1S/C13H12N2O2/c1-8-9(2)15(13(16)17-3)12-5-4-10(7-14)6-11(8)12/h4-6H,1-3H3. The van der Waals surface area contributed by atoms with Crippen LogP contribution >= 0.6 is 0 Å². The molecule has 17 heavy (non-hydrogen) atoms. The maximum absolute atomic E-state index is 11.7. The second-order valence-electron chi connectivity index (χ2n) is 3.86. The second-order valence-corrected chi connectivity index (χ2v) is 3.86. The van der Waals surface area contributed by atoms with E-state index in [1.807, 2.05) is 13.8 Å². The highest BCUT2D eigenvalue weighted by Crippen LogP contribution is 2.26. The highest BCUT2D eigenvalue weighted by Gasteiger charge is 2.16. The number of carbonyl (C=O) groups excluding carboxylic acids is 1. The zero-order chi connectivity index (χ0) is 12.6. The molecule has 0 unspecified atom stereocenters. The van der Waals surface area contributed by atoms with E-state index in [-0.39, 0.29) is 0 Å². The number of rotatable bonds is 0. The maximum atomic E-state index is 11.7. The van der Waals surface area contributed by atoms with E-state index in [9.17, 15) is 4.79 Å². The van der Waals surface area contributed by atoms with Crippen LogP contribution in [0.3, 0.4) is 0 Å². The molecule has 0 aliphatic rings. The number of hydrogen-bond donors (Lipinski definition) is 0. The highest BCUT2D eigenvalue weighted by molar-refractivity contribution is 5.94. The van der Waals surface area contributed by atoms with Gasteiger partial charge in [0.25, 0.3) is 0 Å². The maximum Gasteiger partial charge on any atom is 0.418 e. The van der Waals surface area contributed by atoms with Crippen molar-refractivity contribution in [1.29, 1.82) is 5.26 Å². The topological polar surface area (TPSA) is 55.0 Å². The number of ether oxygens (including phenoxy) is 1. The number of nitrogens with zero attached hydrogens (tertiary/aromatic N) is 2. The van der Waals surface area contributed by atoms with Crippen LogP contribution in [0.2, 0.25) is 0 Å². The van der Waals surface area contributed by atoms with E-state index in [2.05, 4.69) is 6.07 Å². The van der Waals surface area contributed by atoms with Crippen LogP contribution in [0.4, 0.5) is 4.79 Å². The summed E-state index contributed by atoms with van der Waals surface area (Å²) in [6.45, 7) is 3.79. The third-order valence-electron chi connectivity index (χ3n) is 3.01. The molecule has 2 aromatic rings. The molecule has 0 bridgehead atoms. The molecule has 0 saturated carbocycles. The molecule has 2 rings (SSSR count). The molecule has 0 fully saturated rings. The summed E-state index contributed by atoms with van der Waals surface area (Å²) in [5.41, 5.74) is 3.18. The van der Waals surface area contributed by atoms with E-state index in [0.717, 1.165) is 22.2 Å². The largest absolute Gasteiger partial charge is 0.452 e. The molecule has 0 atom stereocenters. The third-order valence-corrected chi connectivity index (χ3v) is 3.01. The van der Waals surface area contributed by atoms with Gasteiger partial charge in [0.05, 0.1) is 24.3 Å². The Hall–Kier alpha value is -2.28. The summed E-state index contributed by atoms with van der Waals surface area (Å²) in [5.74, 6) is 0. The molecule has 0 saturated heterocycles. The Labute approximate surface area is 99.0 Å². The molecule has 0 radical (unpaired) electrons. The van der Waals surface area contributed by atoms with Gasteiger partial charge in [-0.15, -0.1) is 0 Å². The van der Waals surface area contributed by atoms with Crippen molar-refractivity contribution in [3.05, 3.63) is 35.0 Å². The molecule has 1 aromatic heterocycles. The molecule has 0 spiro atoms. The van der Waals surface area contributed by atoms with Crippen LogP contribution in [0, 0.1) is 25.2 Å². The Morgan fingerprint density at radius 2 is 2.12 bits per heavy atom. The van der Waals surface area contributed by atoms with Crippen molar-refractivity contribution in [3.8, 4) is 6.07 Å². The molecule has 4 heteroatoms. The Morgan fingerprint density at radius 1 is 1.41 bits per heavy atom. The summed E-state index contributed by atoms with van der Waals surface area (Å²) in [6.07, 6.45) is -0.412. The van der Waals surface area contributed by atoms with Crippen molar-refractivity contribution in [2.45, 2.75) is 13.8 Å². The van der Waals surface area contributed by atoms with Crippen LogP contribution in [0.5, 0.6) is 0 Å². The Bertz CT molecular complexity index is 647.